The van der Waals surface area contributed by atoms with Gasteiger partial charge in [-0.2, -0.15) is 16.3 Å². The Balaban J connectivity index is 1.59. The number of aromatic nitrogens is 2. The SMILES string of the molecule is CCOC(=O)Nc1cccc(C(=O)OCc2noc(-c3ccsc3)n2)c1. The number of anilines is 1. The van der Waals surface area contributed by atoms with Crippen molar-refractivity contribution < 1.29 is 23.6 Å². The molecule has 1 N–H and O–H groups in total. The zero-order valence-corrected chi connectivity index (χ0v) is 14.6. The van der Waals surface area contributed by atoms with Gasteiger partial charge < -0.3 is 14.0 Å². The van der Waals surface area contributed by atoms with Crippen LogP contribution in [0.4, 0.5) is 10.5 Å². The van der Waals surface area contributed by atoms with Crippen LogP contribution < -0.4 is 5.32 Å². The zero-order valence-electron chi connectivity index (χ0n) is 13.8. The predicted molar refractivity (Wildman–Crippen MR) is 93.8 cm³/mol. The maximum absolute atomic E-state index is 12.2. The molecule has 1 amide bonds. The van der Waals surface area contributed by atoms with Crippen molar-refractivity contribution in [2.24, 2.45) is 0 Å². The summed E-state index contributed by atoms with van der Waals surface area (Å²) in [6.45, 7) is 1.84. The van der Waals surface area contributed by atoms with Gasteiger partial charge in [0.1, 0.15) is 0 Å². The smallest absolute Gasteiger partial charge is 0.411 e. The predicted octanol–water partition coefficient (Wildman–Crippen LogP) is 3.72. The van der Waals surface area contributed by atoms with Crippen LogP contribution in [0.25, 0.3) is 11.5 Å². The summed E-state index contributed by atoms with van der Waals surface area (Å²) in [7, 11) is 0. The molecular weight excluding hydrogens is 358 g/mol. The van der Waals surface area contributed by atoms with Gasteiger partial charge in [-0.05, 0) is 36.6 Å². The molecule has 26 heavy (non-hydrogen) atoms. The third-order valence-corrected chi connectivity index (χ3v) is 3.87. The van der Waals surface area contributed by atoms with Gasteiger partial charge in [-0.15, -0.1) is 0 Å². The number of carbonyl (C=O) groups excluding carboxylic acids is 2. The Hall–Kier alpha value is -3.20. The lowest BCUT2D eigenvalue weighted by atomic mass is 10.2. The van der Waals surface area contributed by atoms with Gasteiger partial charge in [0.05, 0.1) is 17.7 Å². The first-order valence-electron chi connectivity index (χ1n) is 7.72. The van der Waals surface area contributed by atoms with Gasteiger partial charge in [0.15, 0.2) is 6.61 Å². The second-order valence-corrected chi connectivity index (χ2v) is 5.81. The molecule has 0 aliphatic carbocycles. The van der Waals surface area contributed by atoms with E-state index in [1.807, 2.05) is 16.8 Å². The number of hydrogen-bond acceptors (Lipinski definition) is 8. The third kappa shape index (κ3) is 4.45. The zero-order chi connectivity index (χ0) is 18.4. The number of ether oxygens (including phenoxy) is 2. The van der Waals surface area contributed by atoms with Crippen LogP contribution in [0.1, 0.15) is 23.1 Å². The van der Waals surface area contributed by atoms with Gasteiger partial charge in [0, 0.05) is 11.1 Å². The van der Waals surface area contributed by atoms with E-state index >= 15 is 0 Å². The number of benzene rings is 1. The minimum atomic E-state index is -0.592. The lowest BCUT2D eigenvalue weighted by Crippen LogP contribution is -2.14. The molecule has 0 radical (unpaired) electrons. The fourth-order valence-corrected chi connectivity index (χ4v) is 2.67. The van der Waals surface area contributed by atoms with Crippen LogP contribution >= 0.6 is 11.3 Å². The first kappa shape index (κ1) is 17.6. The van der Waals surface area contributed by atoms with Crippen molar-refractivity contribution in [2.75, 3.05) is 11.9 Å². The van der Waals surface area contributed by atoms with Crippen LogP contribution in [-0.2, 0) is 16.1 Å². The van der Waals surface area contributed by atoms with Crippen molar-refractivity contribution in [3.63, 3.8) is 0 Å². The minimum Gasteiger partial charge on any atom is -0.454 e. The Morgan fingerprint density at radius 3 is 2.92 bits per heavy atom. The van der Waals surface area contributed by atoms with Crippen LogP contribution in [-0.4, -0.2) is 28.8 Å². The molecule has 3 aromatic rings. The van der Waals surface area contributed by atoms with E-state index < -0.39 is 12.1 Å². The summed E-state index contributed by atoms with van der Waals surface area (Å²) in [6, 6.07) is 8.19. The van der Waals surface area contributed by atoms with Gasteiger partial charge >= 0.3 is 12.1 Å². The van der Waals surface area contributed by atoms with Crippen molar-refractivity contribution in [3.05, 3.63) is 52.5 Å². The first-order chi connectivity index (χ1) is 12.7. The Labute approximate surface area is 152 Å². The number of carbonyl (C=O) groups is 2. The summed E-state index contributed by atoms with van der Waals surface area (Å²) in [5.74, 6) is 0.0673. The maximum atomic E-state index is 12.2. The summed E-state index contributed by atoms with van der Waals surface area (Å²) in [5.41, 5.74) is 1.52. The van der Waals surface area contributed by atoms with E-state index in [1.54, 1.807) is 25.1 Å². The summed E-state index contributed by atoms with van der Waals surface area (Å²) < 4.78 is 15.1. The Bertz CT molecular complexity index is 891. The molecule has 1 aromatic carbocycles. The molecule has 2 aromatic heterocycles. The lowest BCUT2D eigenvalue weighted by molar-refractivity contribution is 0.0459. The lowest BCUT2D eigenvalue weighted by Gasteiger charge is -2.07. The van der Waals surface area contributed by atoms with Gasteiger partial charge in [-0.1, -0.05) is 11.2 Å². The Kier molecular flexibility index (Phi) is 5.59. The molecule has 0 saturated heterocycles. The van der Waals surface area contributed by atoms with Crippen molar-refractivity contribution in [3.8, 4) is 11.5 Å². The van der Waals surface area contributed by atoms with E-state index in [4.69, 9.17) is 14.0 Å². The molecule has 0 aliphatic rings. The van der Waals surface area contributed by atoms with Gasteiger partial charge in [-0.25, -0.2) is 9.59 Å². The number of rotatable bonds is 6. The molecule has 134 valence electrons. The summed E-state index contributed by atoms with van der Waals surface area (Å²) in [6.07, 6.45) is -0.592. The van der Waals surface area contributed by atoms with Gasteiger partial charge in [0.25, 0.3) is 5.89 Å². The van der Waals surface area contributed by atoms with Crippen molar-refractivity contribution >= 4 is 29.1 Å². The molecule has 0 atom stereocenters. The summed E-state index contributed by atoms with van der Waals surface area (Å²) in [5, 5.41) is 10.1. The molecule has 8 nitrogen and oxygen atoms in total. The normalized spacial score (nSPS) is 10.3. The van der Waals surface area contributed by atoms with Crippen LogP contribution in [0.3, 0.4) is 0 Å². The van der Waals surface area contributed by atoms with Crippen molar-refractivity contribution in [1.82, 2.24) is 10.1 Å². The molecule has 0 saturated carbocycles. The fourth-order valence-electron chi connectivity index (χ4n) is 2.04. The highest BCUT2D eigenvalue weighted by atomic mass is 32.1. The molecule has 0 unspecified atom stereocenters. The number of esters is 1. The average molecular weight is 373 g/mol. The maximum Gasteiger partial charge on any atom is 0.411 e. The molecule has 2 heterocycles. The van der Waals surface area contributed by atoms with Gasteiger partial charge in [0.2, 0.25) is 5.82 Å². The number of nitrogens with zero attached hydrogens (tertiary/aromatic N) is 2. The Morgan fingerprint density at radius 2 is 2.15 bits per heavy atom. The van der Waals surface area contributed by atoms with Crippen LogP contribution in [0.2, 0.25) is 0 Å². The molecule has 3 rings (SSSR count). The largest absolute Gasteiger partial charge is 0.454 e. The van der Waals surface area contributed by atoms with E-state index in [1.165, 1.54) is 17.4 Å². The Morgan fingerprint density at radius 1 is 1.27 bits per heavy atom. The highest BCUT2D eigenvalue weighted by Gasteiger charge is 2.13. The number of amides is 1. The van der Waals surface area contributed by atoms with Crippen molar-refractivity contribution in [2.45, 2.75) is 13.5 Å². The number of thiophene rings is 1. The first-order valence-corrected chi connectivity index (χ1v) is 8.66. The molecule has 9 heteroatoms. The van der Waals surface area contributed by atoms with Crippen LogP contribution in [0, 0.1) is 0 Å². The van der Waals surface area contributed by atoms with E-state index in [2.05, 4.69) is 15.5 Å². The monoisotopic (exact) mass is 373 g/mol. The standard InChI is InChI=1S/C17H15N3O5S/c1-2-23-17(22)18-13-5-3-4-11(8-13)16(21)24-9-14-19-15(25-20-14)12-6-7-26-10-12/h3-8,10H,2,9H2,1H3,(H,18,22). The molecule has 0 spiro atoms. The van der Waals surface area contributed by atoms with Crippen molar-refractivity contribution in [1.29, 1.82) is 0 Å². The summed E-state index contributed by atoms with van der Waals surface area (Å²) in [4.78, 5) is 27.8. The highest BCUT2D eigenvalue weighted by Crippen LogP contribution is 2.20. The average Bonchev–Trinajstić information content (AvgIpc) is 3.31. The number of hydrogen-bond donors (Lipinski definition) is 1. The topological polar surface area (TPSA) is 104 Å². The summed E-state index contributed by atoms with van der Waals surface area (Å²) >= 11 is 1.52. The quantitative estimate of drug-likeness (QED) is 0.657. The van der Waals surface area contributed by atoms with E-state index in [0.717, 1.165) is 5.56 Å². The minimum absolute atomic E-state index is 0.123. The molecule has 0 aliphatic heterocycles. The fraction of sp³-hybridized carbons (Fsp3) is 0.176. The second-order valence-electron chi connectivity index (χ2n) is 5.03. The molecule has 0 fully saturated rings. The second kappa shape index (κ2) is 8.26. The third-order valence-electron chi connectivity index (χ3n) is 3.19. The molecular formula is C17H15N3O5S. The highest BCUT2D eigenvalue weighted by molar-refractivity contribution is 7.08. The van der Waals surface area contributed by atoms with E-state index in [9.17, 15) is 9.59 Å². The van der Waals surface area contributed by atoms with E-state index in [-0.39, 0.29) is 24.6 Å². The molecule has 0 bridgehead atoms. The van der Waals surface area contributed by atoms with Crippen LogP contribution in [0.15, 0.2) is 45.6 Å². The van der Waals surface area contributed by atoms with E-state index in [0.29, 0.717) is 11.6 Å². The number of nitrogens with one attached hydrogen (secondary N) is 1. The van der Waals surface area contributed by atoms with Gasteiger partial charge in [-0.3, -0.25) is 5.32 Å². The van der Waals surface area contributed by atoms with Crippen LogP contribution in [0.5, 0.6) is 0 Å².